The summed E-state index contributed by atoms with van der Waals surface area (Å²) in [5.41, 5.74) is 0.435. The minimum Gasteiger partial charge on any atom is -0.508 e. The molecule has 0 bridgehead atoms. The minimum atomic E-state index is -0.552. The van der Waals surface area contributed by atoms with Gasteiger partial charge in [0.15, 0.2) is 5.76 Å². The molecule has 0 saturated heterocycles. The summed E-state index contributed by atoms with van der Waals surface area (Å²) in [6.45, 7) is 1.55. The number of phenols is 1. The van der Waals surface area contributed by atoms with Crippen LogP contribution in [0.1, 0.15) is 12.7 Å². The molecule has 1 aromatic heterocycles. The highest BCUT2D eigenvalue weighted by atomic mass is 16.6. The van der Waals surface area contributed by atoms with Crippen LogP contribution in [0.2, 0.25) is 0 Å². The fourth-order valence-corrected chi connectivity index (χ4v) is 1.68. The van der Waals surface area contributed by atoms with Crippen LogP contribution in [0, 0.1) is 15.5 Å². The van der Waals surface area contributed by atoms with E-state index in [1.165, 1.54) is 18.2 Å². The Kier molecular flexibility index (Phi) is 2.55. The van der Waals surface area contributed by atoms with Crippen LogP contribution in [0.25, 0.3) is 11.0 Å². The van der Waals surface area contributed by atoms with Gasteiger partial charge in [-0.3, -0.25) is 10.1 Å². The van der Waals surface area contributed by atoms with Crippen molar-refractivity contribution in [3.63, 3.8) is 0 Å². The maximum absolute atomic E-state index is 11.0. The van der Waals surface area contributed by atoms with Crippen LogP contribution in [-0.2, 0) is 6.42 Å². The molecule has 0 aliphatic rings. The van der Waals surface area contributed by atoms with Gasteiger partial charge in [-0.2, -0.15) is 0 Å². The van der Waals surface area contributed by atoms with Gasteiger partial charge in [0.2, 0.25) is 0 Å². The monoisotopic (exact) mass is 234 g/mol. The van der Waals surface area contributed by atoms with Gasteiger partial charge in [-0.15, -0.1) is 0 Å². The number of fused-ring (bicyclic) bond motifs is 1. The summed E-state index contributed by atoms with van der Waals surface area (Å²) in [5.74, 6) is 0.0858. The molecule has 0 amide bonds. The molecule has 0 aliphatic carbocycles. The number of nitrogens with one attached hydrogen (secondary N) is 1. The van der Waals surface area contributed by atoms with E-state index in [1.54, 1.807) is 6.92 Å². The van der Waals surface area contributed by atoms with Crippen molar-refractivity contribution in [3.05, 3.63) is 34.1 Å². The molecule has 88 valence electrons. The minimum absolute atomic E-state index is 0.0560. The molecule has 6 heteroatoms. The molecule has 0 atom stereocenters. The summed E-state index contributed by atoms with van der Waals surface area (Å²) in [7, 11) is 0. The average molecular weight is 234 g/mol. The van der Waals surface area contributed by atoms with Gasteiger partial charge < -0.3 is 14.9 Å². The zero-order valence-corrected chi connectivity index (χ0v) is 9.06. The van der Waals surface area contributed by atoms with E-state index >= 15 is 0 Å². The topological polar surface area (TPSA) is 100 Å². The Labute approximate surface area is 96.1 Å². The Morgan fingerprint density at radius 2 is 2.29 bits per heavy atom. The van der Waals surface area contributed by atoms with E-state index in [4.69, 9.17) is 9.83 Å². The van der Waals surface area contributed by atoms with Gasteiger partial charge in [0, 0.05) is 5.71 Å². The maximum atomic E-state index is 11.0. The van der Waals surface area contributed by atoms with Gasteiger partial charge in [0.05, 0.1) is 11.3 Å². The predicted octanol–water partition coefficient (Wildman–Crippen LogP) is 2.63. The van der Waals surface area contributed by atoms with Gasteiger partial charge in [-0.25, -0.2) is 0 Å². The van der Waals surface area contributed by atoms with E-state index in [0.717, 1.165) is 0 Å². The Hall–Kier alpha value is -2.37. The lowest BCUT2D eigenvalue weighted by atomic mass is 10.1. The first-order chi connectivity index (χ1) is 7.99. The van der Waals surface area contributed by atoms with Crippen LogP contribution < -0.4 is 0 Å². The summed E-state index contributed by atoms with van der Waals surface area (Å²) in [4.78, 5) is 10.4. The highest BCUT2D eigenvalue weighted by Crippen LogP contribution is 2.35. The average Bonchev–Trinajstić information content (AvgIpc) is 2.53. The summed E-state index contributed by atoms with van der Waals surface area (Å²) in [5, 5.41) is 27.9. The molecule has 1 heterocycles. The Bertz CT molecular complexity index is 615. The smallest absolute Gasteiger partial charge is 0.318 e. The molecule has 1 aromatic carbocycles. The third kappa shape index (κ3) is 1.96. The molecular formula is C11H10N2O4. The van der Waals surface area contributed by atoms with Crippen molar-refractivity contribution in [1.29, 1.82) is 5.41 Å². The fourth-order valence-electron chi connectivity index (χ4n) is 1.68. The number of nitro groups is 1. The van der Waals surface area contributed by atoms with Gasteiger partial charge in [0.25, 0.3) is 0 Å². The SMILES string of the molecule is CC(=N)Cc1oc2ccc(O)cc2c1[N+](=O)[O-]. The molecule has 0 saturated carbocycles. The maximum Gasteiger partial charge on any atom is 0.318 e. The van der Waals surface area contributed by atoms with E-state index in [2.05, 4.69) is 0 Å². The lowest BCUT2D eigenvalue weighted by molar-refractivity contribution is -0.384. The van der Waals surface area contributed by atoms with Crippen molar-refractivity contribution < 1.29 is 14.4 Å². The van der Waals surface area contributed by atoms with Crippen molar-refractivity contribution in [2.45, 2.75) is 13.3 Å². The molecule has 0 radical (unpaired) electrons. The summed E-state index contributed by atoms with van der Waals surface area (Å²) in [6.07, 6.45) is 0.0890. The first-order valence-electron chi connectivity index (χ1n) is 4.92. The second kappa shape index (κ2) is 3.89. The predicted molar refractivity (Wildman–Crippen MR) is 61.6 cm³/mol. The zero-order valence-electron chi connectivity index (χ0n) is 9.06. The molecule has 0 fully saturated rings. The van der Waals surface area contributed by atoms with Crippen LogP contribution in [0.15, 0.2) is 22.6 Å². The standard InChI is InChI=1S/C11H10N2O4/c1-6(12)4-10-11(13(15)16)8-5-7(14)2-3-9(8)17-10/h2-3,5,12,14H,4H2,1H3. The highest BCUT2D eigenvalue weighted by Gasteiger charge is 2.24. The third-order valence-electron chi connectivity index (χ3n) is 2.32. The Morgan fingerprint density at radius 1 is 1.59 bits per heavy atom. The van der Waals surface area contributed by atoms with E-state index in [9.17, 15) is 15.2 Å². The number of hydrogen-bond donors (Lipinski definition) is 2. The number of phenolic OH excluding ortho intramolecular Hbond substituents is 1. The lowest BCUT2D eigenvalue weighted by Crippen LogP contribution is -1.97. The number of furan rings is 1. The number of aromatic hydroxyl groups is 1. The molecule has 0 unspecified atom stereocenters. The number of rotatable bonds is 3. The summed E-state index contributed by atoms with van der Waals surface area (Å²) in [6, 6.07) is 4.16. The second-order valence-corrected chi connectivity index (χ2v) is 3.77. The van der Waals surface area contributed by atoms with E-state index in [0.29, 0.717) is 5.58 Å². The molecule has 0 spiro atoms. The largest absolute Gasteiger partial charge is 0.508 e. The highest BCUT2D eigenvalue weighted by molar-refractivity contribution is 5.92. The molecular weight excluding hydrogens is 224 g/mol. The fraction of sp³-hybridized carbons (Fsp3) is 0.182. The van der Waals surface area contributed by atoms with Gasteiger partial charge >= 0.3 is 5.69 Å². The van der Waals surface area contributed by atoms with E-state index in [1.807, 2.05) is 0 Å². The van der Waals surface area contributed by atoms with Crippen molar-refractivity contribution in [2.24, 2.45) is 0 Å². The van der Waals surface area contributed by atoms with Gasteiger partial charge in [0.1, 0.15) is 16.7 Å². The van der Waals surface area contributed by atoms with Crippen LogP contribution in [0.4, 0.5) is 5.69 Å². The molecule has 6 nitrogen and oxygen atoms in total. The van der Waals surface area contributed by atoms with Crippen molar-refractivity contribution in [3.8, 4) is 5.75 Å². The van der Waals surface area contributed by atoms with Crippen LogP contribution in [0.5, 0.6) is 5.75 Å². The molecule has 0 aliphatic heterocycles. The lowest BCUT2D eigenvalue weighted by Gasteiger charge is -1.93. The third-order valence-corrected chi connectivity index (χ3v) is 2.32. The second-order valence-electron chi connectivity index (χ2n) is 3.77. The van der Waals surface area contributed by atoms with Crippen LogP contribution in [0.3, 0.4) is 0 Å². The molecule has 2 rings (SSSR count). The Balaban J connectivity index is 2.71. The number of hydrogen-bond acceptors (Lipinski definition) is 5. The summed E-state index contributed by atoms with van der Waals surface area (Å²) >= 11 is 0. The van der Waals surface area contributed by atoms with Crippen LogP contribution >= 0.6 is 0 Å². The first kappa shape index (κ1) is 11.1. The van der Waals surface area contributed by atoms with Crippen LogP contribution in [-0.4, -0.2) is 15.7 Å². The van der Waals surface area contributed by atoms with Crippen molar-refractivity contribution >= 4 is 22.4 Å². The number of benzene rings is 1. The molecule has 17 heavy (non-hydrogen) atoms. The normalized spacial score (nSPS) is 10.6. The van der Waals surface area contributed by atoms with E-state index < -0.39 is 4.92 Å². The van der Waals surface area contributed by atoms with Gasteiger partial charge in [-0.05, 0) is 25.1 Å². The van der Waals surface area contributed by atoms with Crippen molar-refractivity contribution in [1.82, 2.24) is 0 Å². The Morgan fingerprint density at radius 3 is 2.88 bits per heavy atom. The number of nitrogens with zero attached hydrogens (tertiary/aromatic N) is 1. The quantitative estimate of drug-likeness (QED) is 0.484. The molecule has 2 aromatic rings. The molecule has 2 N–H and O–H groups in total. The van der Waals surface area contributed by atoms with Crippen molar-refractivity contribution in [2.75, 3.05) is 0 Å². The van der Waals surface area contributed by atoms with Gasteiger partial charge in [-0.1, -0.05) is 0 Å². The van der Waals surface area contributed by atoms with E-state index in [-0.39, 0.29) is 34.7 Å². The zero-order chi connectivity index (χ0) is 12.6. The first-order valence-corrected chi connectivity index (χ1v) is 4.92. The summed E-state index contributed by atoms with van der Waals surface area (Å²) < 4.78 is 5.33.